The van der Waals surface area contributed by atoms with Crippen molar-refractivity contribution in [3.8, 4) is 0 Å². The van der Waals surface area contributed by atoms with Crippen LogP contribution in [0.25, 0.3) is 0 Å². The molecule has 0 radical (unpaired) electrons. The number of aliphatic hydroxyl groups excluding tert-OH is 1. The highest BCUT2D eigenvalue weighted by Gasteiger charge is 2.08. The maximum absolute atomic E-state index is 10.0. The van der Waals surface area contributed by atoms with Crippen LogP contribution in [-0.2, 0) is 6.42 Å². The summed E-state index contributed by atoms with van der Waals surface area (Å²) in [5.41, 5.74) is 1.01. The van der Waals surface area contributed by atoms with Gasteiger partial charge in [-0.3, -0.25) is 4.68 Å². The molecule has 0 aliphatic carbocycles. The summed E-state index contributed by atoms with van der Waals surface area (Å²) in [6, 6.07) is 2.41. The monoisotopic (exact) mass is 266 g/mol. The molecule has 1 unspecified atom stereocenters. The summed E-state index contributed by atoms with van der Waals surface area (Å²) in [7, 11) is 0. The molecule has 0 spiro atoms. The average molecular weight is 266 g/mol. The molecule has 1 aromatic rings. The average Bonchev–Trinajstić information content (AvgIpc) is 2.82. The van der Waals surface area contributed by atoms with Gasteiger partial charge in [-0.25, -0.2) is 0 Å². The van der Waals surface area contributed by atoms with Crippen LogP contribution >= 0.6 is 0 Å². The summed E-state index contributed by atoms with van der Waals surface area (Å²) in [5, 5.41) is 14.5. The predicted molar refractivity (Wildman–Crippen MR) is 80.3 cm³/mol. The highest BCUT2D eigenvalue weighted by molar-refractivity contribution is 5.01. The third-order valence-electron chi connectivity index (χ3n) is 3.53. The Morgan fingerprint density at radius 3 is 2.47 bits per heavy atom. The second kappa shape index (κ2) is 9.13. The maximum atomic E-state index is 10.0. The van der Waals surface area contributed by atoms with Crippen LogP contribution in [0.3, 0.4) is 0 Å². The number of hydrogen-bond acceptors (Lipinski definition) is 2. The Morgan fingerprint density at radius 2 is 1.84 bits per heavy atom. The molecule has 0 bridgehead atoms. The first-order valence-electron chi connectivity index (χ1n) is 7.85. The second-order valence-electron chi connectivity index (χ2n) is 5.80. The minimum absolute atomic E-state index is 0.235. The molecule has 1 N–H and O–H groups in total. The largest absolute Gasteiger partial charge is 0.393 e. The highest BCUT2D eigenvalue weighted by Crippen LogP contribution is 2.12. The molecule has 0 saturated heterocycles. The van der Waals surface area contributed by atoms with Gasteiger partial charge in [0.15, 0.2) is 0 Å². The molecule has 19 heavy (non-hydrogen) atoms. The molecule has 3 nitrogen and oxygen atoms in total. The fraction of sp³-hybridized carbons (Fsp3) is 0.812. The quantitative estimate of drug-likeness (QED) is 0.647. The number of aromatic nitrogens is 2. The van der Waals surface area contributed by atoms with Gasteiger partial charge in [0.2, 0.25) is 0 Å². The molecule has 0 amide bonds. The van der Waals surface area contributed by atoms with Crippen molar-refractivity contribution in [3.63, 3.8) is 0 Å². The minimum atomic E-state index is -0.235. The number of nitrogens with zero attached hydrogens (tertiary/aromatic N) is 2. The van der Waals surface area contributed by atoms with Crippen molar-refractivity contribution in [3.05, 3.63) is 18.0 Å². The summed E-state index contributed by atoms with van der Waals surface area (Å²) >= 11 is 0. The van der Waals surface area contributed by atoms with E-state index in [1.807, 2.05) is 16.9 Å². The third kappa shape index (κ3) is 6.76. The van der Waals surface area contributed by atoms with E-state index >= 15 is 0 Å². The Morgan fingerprint density at radius 1 is 1.16 bits per heavy atom. The smallest absolute Gasteiger partial charge is 0.0650 e. The van der Waals surface area contributed by atoms with E-state index in [9.17, 15) is 5.11 Å². The summed E-state index contributed by atoms with van der Waals surface area (Å²) in [6.07, 6.45) is 11.0. The Bertz CT molecular complexity index is 333. The molecular weight excluding hydrogens is 236 g/mol. The molecule has 1 atom stereocenters. The molecule has 0 saturated carbocycles. The highest BCUT2D eigenvalue weighted by atomic mass is 16.3. The zero-order valence-corrected chi connectivity index (χ0v) is 12.8. The summed E-state index contributed by atoms with van der Waals surface area (Å²) in [6.45, 7) is 6.47. The van der Waals surface area contributed by atoms with E-state index in [4.69, 9.17) is 0 Å². The molecule has 0 aromatic carbocycles. The number of aliphatic hydroxyl groups is 1. The second-order valence-corrected chi connectivity index (χ2v) is 5.80. The van der Waals surface area contributed by atoms with Crippen molar-refractivity contribution in [1.82, 2.24) is 9.78 Å². The Balaban J connectivity index is 2.14. The van der Waals surface area contributed by atoms with Crippen LogP contribution in [0.15, 0.2) is 12.3 Å². The minimum Gasteiger partial charge on any atom is -0.393 e. The van der Waals surface area contributed by atoms with Gasteiger partial charge in [0.1, 0.15) is 0 Å². The molecule has 0 aliphatic heterocycles. The lowest BCUT2D eigenvalue weighted by Gasteiger charge is -2.09. The molecule has 1 rings (SSSR count). The predicted octanol–water partition coefficient (Wildman–Crippen LogP) is 4.12. The van der Waals surface area contributed by atoms with Crippen LogP contribution < -0.4 is 0 Å². The fourth-order valence-corrected chi connectivity index (χ4v) is 2.28. The van der Waals surface area contributed by atoms with Crippen molar-refractivity contribution in [1.29, 1.82) is 0 Å². The van der Waals surface area contributed by atoms with Gasteiger partial charge in [-0.2, -0.15) is 5.10 Å². The van der Waals surface area contributed by atoms with Gasteiger partial charge in [0.25, 0.3) is 0 Å². The van der Waals surface area contributed by atoms with Crippen LogP contribution in [0.5, 0.6) is 0 Å². The molecule has 1 aromatic heterocycles. The van der Waals surface area contributed by atoms with E-state index < -0.39 is 0 Å². The lowest BCUT2D eigenvalue weighted by atomic mass is 10.0. The standard InChI is InChI=1S/C16H30N2O/c1-4-5-6-7-8-9-10-16(19)13-15-11-12-18(17-15)14(2)3/h11-12,14,16,19H,4-10,13H2,1-3H3. The van der Waals surface area contributed by atoms with Gasteiger partial charge in [-0.05, 0) is 26.3 Å². The fourth-order valence-electron chi connectivity index (χ4n) is 2.28. The summed E-state index contributed by atoms with van der Waals surface area (Å²) < 4.78 is 1.95. The van der Waals surface area contributed by atoms with Gasteiger partial charge >= 0.3 is 0 Å². The van der Waals surface area contributed by atoms with Crippen molar-refractivity contribution >= 4 is 0 Å². The van der Waals surface area contributed by atoms with Crippen LogP contribution in [0.1, 0.15) is 77.5 Å². The zero-order chi connectivity index (χ0) is 14.1. The van der Waals surface area contributed by atoms with Crippen molar-refractivity contribution in [2.45, 2.75) is 84.3 Å². The Labute approximate surface area is 118 Å². The first-order valence-corrected chi connectivity index (χ1v) is 7.85. The maximum Gasteiger partial charge on any atom is 0.0650 e. The van der Waals surface area contributed by atoms with E-state index in [1.165, 1.54) is 32.1 Å². The SMILES string of the molecule is CCCCCCCCC(O)Cc1ccn(C(C)C)n1. The van der Waals surface area contributed by atoms with E-state index in [0.29, 0.717) is 12.5 Å². The number of hydrogen-bond donors (Lipinski definition) is 1. The molecule has 3 heteroatoms. The lowest BCUT2D eigenvalue weighted by molar-refractivity contribution is 0.159. The van der Waals surface area contributed by atoms with Crippen molar-refractivity contribution in [2.24, 2.45) is 0 Å². The molecule has 110 valence electrons. The van der Waals surface area contributed by atoms with E-state index in [0.717, 1.165) is 18.5 Å². The molecule has 1 heterocycles. The topological polar surface area (TPSA) is 38.0 Å². The van der Waals surface area contributed by atoms with Crippen molar-refractivity contribution < 1.29 is 5.11 Å². The van der Waals surface area contributed by atoms with E-state index in [-0.39, 0.29) is 6.10 Å². The molecule has 0 aliphatic rings. The molecular formula is C16H30N2O. The van der Waals surface area contributed by atoms with E-state index in [1.54, 1.807) is 0 Å². The normalized spacial score (nSPS) is 13.1. The first kappa shape index (κ1) is 16.2. The van der Waals surface area contributed by atoms with Gasteiger partial charge < -0.3 is 5.11 Å². The van der Waals surface area contributed by atoms with Crippen LogP contribution in [0, 0.1) is 0 Å². The summed E-state index contributed by atoms with van der Waals surface area (Å²) in [5.74, 6) is 0. The van der Waals surface area contributed by atoms with Gasteiger partial charge in [-0.1, -0.05) is 45.4 Å². The lowest BCUT2D eigenvalue weighted by Crippen LogP contribution is -2.11. The Hall–Kier alpha value is -0.830. The van der Waals surface area contributed by atoms with Gasteiger partial charge in [0.05, 0.1) is 11.8 Å². The van der Waals surface area contributed by atoms with Crippen LogP contribution in [0.4, 0.5) is 0 Å². The zero-order valence-electron chi connectivity index (χ0n) is 12.8. The first-order chi connectivity index (χ1) is 9.13. The number of unbranched alkanes of at least 4 members (excludes halogenated alkanes) is 5. The van der Waals surface area contributed by atoms with E-state index in [2.05, 4.69) is 25.9 Å². The van der Waals surface area contributed by atoms with Crippen LogP contribution in [-0.4, -0.2) is 21.0 Å². The molecule has 0 fully saturated rings. The van der Waals surface area contributed by atoms with Crippen molar-refractivity contribution in [2.75, 3.05) is 0 Å². The number of rotatable bonds is 10. The third-order valence-corrected chi connectivity index (χ3v) is 3.53. The Kier molecular flexibility index (Phi) is 7.80. The van der Waals surface area contributed by atoms with Gasteiger partial charge in [-0.15, -0.1) is 0 Å². The van der Waals surface area contributed by atoms with Crippen LogP contribution in [0.2, 0.25) is 0 Å². The van der Waals surface area contributed by atoms with Gasteiger partial charge in [0, 0.05) is 18.7 Å². The summed E-state index contributed by atoms with van der Waals surface area (Å²) in [4.78, 5) is 0.